The maximum Gasteiger partial charge on any atom is 0.0540 e. The topological polar surface area (TPSA) is 3.24 Å². The number of anilines is 3. The second kappa shape index (κ2) is 10.9. The normalized spacial score (nSPS) is 10.8. The van der Waals surface area contributed by atoms with Crippen molar-refractivity contribution in [1.29, 1.82) is 0 Å². The molecule has 0 aromatic heterocycles. The first-order valence-electron chi connectivity index (χ1n) is 12.7. The van der Waals surface area contributed by atoms with Gasteiger partial charge in [0, 0.05) is 21.4 Å². The van der Waals surface area contributed by atoms with Crippen LogP contribution in [0.2, 0.25) is 0 Å². The first-order chi connectivity index (χ1) is 18.8. The highest BCUT2D eigenvalue weighted by Crippen LogP contribution is 2.43. The molecule has 0 N–H and O–H groups in total. The van der Waals surface area contributed by atoms with Crippen molar-refractivity contribution in [1.82, 2.24) is 0 Å². The molecular formula is C36H26BrN. The van der Waals surface area contributed by atoms with Gasteiger partial charge in [-0.05, 0) is 70.3 Å². The van der Waals surface area contributed by atoms with Gasteiger partial charge in [-0.3, -0.25) is 0 Å². The van der Waals surface area contributed by atoms with Crippen molar-refractivity contribution in [2.75, 3.05) is 4.90 Å². The van der Waals surface area contributed by atoms with Crippen LogP contribution in [0.25, 0.3) is 33.4 Å². The Hall–Kier alpha value is -4.40. The molecule has 0 aliphatic heterocycles. The lowest BCUT2D eigenvalue weighted by Crippen LogP contribution is -2.11. The summed E-state index contributed by atoms with van der Waals surface area (Å²) in [4.78, 5) is 2.35. The molecule has 38 heavy (non-hydrogen) atoms. The molecule has 0 fully saturated rings. The molecule has 0 spiro atoms. The van der Waals surface area contributed by atoms with Gasteiger partial charge in [-0.1, -0.05) is 131 Å². The summed E-state index contributed by atoms with van der Waals surface area (Å²) >= 11 is 3.54. The minimum Gasteiger partial charge on any atom is -0.310 e. The van der Waals surface area contributed by atoms with Crippen LogP contribution in [0.4, 0.5) is 17.1 Å². The summed E-state index contributed by atoms with van der Waals surface area (Å²) in [5, 5.41) is 0. The van der Waals surface area contributed by atoms with Crippen LogP contribution in [0.15, 0.2) is 162 Å². The molecule has 0 atom stereocenters. The zero-order valence-electron chi connectivity index (χ0n) is 20.8. The highest BCUT2D eigenvalue weighted by atomic mass is 79.9. The Morgan fingerprint density at radius 1 is 0.342 bits per heavy atom. The molecule has 2 heteroatoms. The van der Waals surface area contributed by atoms with E-state index in [1.165, 1.54) is 33.4 Å². The molecule has 6 rings (SSSR count). The third-order valence-corrected chi connectivity index (χ3v) is 7.29. The SMILES string of the molecule is Brc1ccc(-c2ccc(N(c3ccccc3)c3ccccc3-c3ccccc3-c3ccccc3)cc2)cc1. The van der Waals surface area contributed by atoms with Gasteiger partial charge in [-0.25, -0.2) is 0 Å². The minimum atomic E-state index is 1.08. The molecule has 0 aliphatic rings. The van der Waals surface area contributed by atoms with E-state index in [0.29, 0.717) is 0 Å². The van der Waals surface area contributed by atoms with Gasteiger partial charge in [-0.2, -0.15) is 0 Å². The predicted molar refractivity (Wildman–Crippen MR) is 165 cm³/mol. The van der Waals surface area contributed by atoms with Crippen LogP contribution in [0.3, 0.4) is 0 Å². The Morgan fingerprint density at radius 3 is 1.47 bits per heavy atom. The zero-order valence-corrected chi connectivity index (χ0v) is 22.4. The summed E-state index contributed by atoms with van der Waals surface area (Å²) in [6, 6.07) is 55.9. The van der Waals surface area contributed by atoms with Gasteiger partial charge < -0.3 is 4.90 Å². The van der Waals surface area contributed by atoms with Crippen molar-refractivity contribution >= 4 is 33.0 Å². The van der Waals surface area contributed by atoms with Crippen LogP contribution in [0.1, 0.15) is 0 Å². The quantitative estimate of drug-likeness (QED) is 0.199. The standard InChI is InChI=1S/C36H26BrN/c37-30-23-19-27(20-24-30)28-21-25-32(26-22-28)38(31-13-5-2-6-14-31)36-18-10-9-17-35(36)34-16-8-7-15-33(34)29-11-3-1-4-12-29/h1-26H. The van der Waals surface area contributed by atoms with Crippen molar-refractivity contribution in [2.24, 2.45) is 0 Å². The van der Waals surface area contributed by atoms with Gasteiger partial charge in [0.15, 0.2) is 0 Å². The average Bonchev–Trinajstić information content (AvgIpc) is 2.99. The summed E-state index contributed by atoms with van der Waals surface area (Å²) < 4.78 is 1.08. The summed E-state index contributed by atoms with van der Waals surface area (Å²) in [7, 11) is 0. The van der Waals surface area contributed by atoms with E-state index in [2.05, 4.69) is 179 Å². The van der Waals surface area contributed by atoms with Gasteiger partial charge in [0.05, 0.1) is 5.69 Å². The number of hydrogen-bond acceptors (Lipinski definition) is 1. The summed E-state index contributed by atoms with van der Waals surface area (Å²) in [5.74, 6) is 0. The summed E-state index contributed by atoms with van der Waals surface area (Å²) in [5.41, 5.74) is 10.6. The van der Waals surface area contributed by atoms with E-state index in [4.69, 9.17) is 0 Å². The number of para-hydroxylation sites is 2. The van der Waals surface area contributed by atoms with Crippen LogP contribution in [0.5, 0.6) is 0 Å². The van der Waals surface area contributed by atoms with Gasteiger partial charge >= 0.3 is 0 Å². The molecule has 0 saturated heterocycles. The first-order valence-corrected chi connectivity index (χ1v) is 13.5. The molecule has 0 bridgehead atoms. The lowest BCUT2D eigenvalue weighted by atomic mass is 9.93. The van der Waals surface area contributed by atoms with Crippen molar-refractivity contribution in [3.63, 3.8) is 0 Å². The minimum absolute atomic E-state index is 1.08. The fourth-order valence-electron chi connectivity index (χ4n) is 4.93. The fraction of sp³-hybridized carbons (Fsp3) is 0. The lowest BCUT2D eigenvalue weighted by molar-refractivity contribution is 1.28. The van der Waals surface area contributed by atoms with E-state index in [-0.39, 0.29) is 0 Å². The molecular weight excluding hydrogens is 526 g/mol. The zero-order chi connectivity index (χ0) is 25.7. The van der Waals surface area contributed by atoms with Crippen LogP contribution in [-0.2, 0) is 0 Å². The molecule has 0 saturated carbocycles. The second-order valence-electron chi connectivity index (χ2n) is 9.15. The molecule has 0 heterocycles. The van der Waals surface area contributed by atoms with Gasteiger partial charge in [0.1, 0.15) is 0 Å². The smallest absolute Gasteiger partial charge is 0.0540 e. The summed E-state index contributed by atoms with van der Waals surface area (Å²) in [6.07, 6.45) is 0. The number of rotatable bonds is 6. The van der Waals surface area contributed by atoms with Crippen LogP contribution in [0, 0.1) is 0 Å². The second-order valence-corrected chi connectivity index (χ2v) is 10.1. The van der Waals surface area contributed by atoms with Crippen LogP contribution in [-0.4, -0.2) is 0 Å². The molecule has 0 aliphatic carbocycles. The van der Waals surface area contributed by atoms with Crippen molar-refractivity contribution < 1.29 is 0 Å². The molecule has 0 amide bonds. The Bertz CT molecular complexity index is 1640. The molecule has 6 aromatic carbocycles. The highest BCUT2D eigenvalue weighted by Gasteiger charge is 2.18. The predicted octanol–water partition coefficient (Wildman–Crippen LogP) is 10.9. The van der Waals surface area contributed by atoms with E-state index < -0.39 is 0 Å². The van der Waals surface area contributed by atoms with E-state index in [1.807, 2.05) is 0 Å². The number of halogens is 1. The Morgan fingerprint density at radius 2 is 0.816 bits per heavy atom. The van der Waals surface area contributed by atoms with E-state index in [0.717, 1.165) is 21.5 Å². The first kappa shape index (κ1) is 24.0. The van der Waals surface area contributed by atoms with Crippen LogP contribution < -0.4 is 4.90 Å². The maximum atomic E-state index is 3.54. The number of hydrogen-bond donors (Lipinski definition) is 0. The Kier molecular flexibility index (Phi) is 6.89. The van der Waals surface area contributed by atoms with Crippen molar-refractivity contribution in [2.45, 2.75) is 0 Å². The molecule has 6 aromatic rings. The van der Waals surface area contributed by atoms with Crippen molar-refractivity contribution in [3.05, 3.63) is 162 Å². The highest BCUT2D eigenvalue weighted by molar-refractivity contribution is 9.10. The van der Waals surface area contributed by atoms with E-state index >= 15 is 0 Å². The number of nitrogens with zero attached hydrogens (tertiary/aromatic N) is 1. The number of benzene rings is 6. The molecule has 0 radical (unpaired) electrons. The Labute approximate surface area is 232 Å². The van der Waals surface area contributed by atoms with Gasteiger partial charge in [-0.15, -0.1) is 0 Å². The van der Waals surface area contributed by atoms with Gasteiger partial charge in [0.25, 0.3) is 0 Å². The summed E-state index contributed by atoms with van der Waals surface area (Å²) in [6.45, 7) is 0. The molecule has 1 nitrogen and oxygen atoms in total. The van der Waals surface area contributed by atoms with Gasteiger partial charge in [0.2, 0.25) is 0 Å². The average molecular weight is 553 g/mol. The lowest BCUT2D eigenvalue weighted by Gasteiger charge is -2.28. The van der Waals surface area contributed by atoms with Crippen LogP contribution >= 0.6 is 15.9 Å². The molecule has 0 unspecified atom stereocenters. The largest absolute Gasteiger partial charge is 0.310 e. The molecule has 182 valence electrons. The van der Waals surface area contributed by atoms with E-state index in [1.54, 1.807) is 0 Å². The monoisotopic (exact) mass is 551 g/mol. The maximum absolute atomic E-state index is 3.54. The van der Waals surface area contributed by atoms with Crippen molar-refractivity contribution in [3.8, 4) is 33.4 Å². The van der Waals surface area contributed by atoms with E-state index in [9.17, 15) is 0 Å². The fourth-order valence-corrected chi connectivity index (χ4v) is 5.20. The third kappa shape index (κ3) is 4.91. The Balaban J connectivity index is 1.50. The third-order valence-electron chi connectivity index (χ3n) is 6.76.